The normalized spacial score (nSPS) is 10.8. The number of hydrogen-bond donors (Lipinski definition) is 1. The first-order valence-corrected chi connectivity index (χ1v) is 6.96. The molecule has 0 bridgehead atoms. The van der Waals surface area contributed by atoms with Crippen LogP contribution in [0.5, 0.6) is 0 Å². The number of thioether (sulfide) groups is 1. The monoisotopic (exact) mass is 263 g/mol. The molecule has 0 aliphatic carbocycles. The molecule has 0 aliphatic rings. The summed E-state index contributed by atoms with van der Waals surface area (Å²) in [4.78, 5) is 9.03. The SMILES string of the molecule is CCNc1nc(SCCOC)c2ccccc2n1. The number of anilines is 1. The van der Waals surface area contributed by atoms with E-state index in [2.05, 4.69) is 21.4 Å². The Kier molecular flexibility index (Phi) is 4.78. The summed E-state index contributed by atoms with van der Waals surface area (Å²) in [5.41, 5.74) is 0.975. The van der Waals surface area contributed by atoms with Gasteiger partial charge in [0.2, 0.25) is 5.95 Å². The van der Waals surface area contributed by atoms with Crippen LogP contribution in [-0.4, -0.2) is 36.0 Å². The predicted octanol–water partition coefficient (Wildman–Crippen LogP) is 2.80. The van der Waals surface area contributed by atoms with Crippen LogP contribution in [0.15, 0.2) is 29.3 Å². The van der Waals surface area contributed by atoms with Crippen LogP contribution < -0.4 is 5.32 Å². The summed E-state index contributed by atoms with van der Waals surface area (Å²) in [5, 5.41) is 5.27. The standard InChI is InChI=1S/C13H17N3OS/c1-3-14-13-15-11-7-5-4-6-10(11)12(16-13)18-9-8-17-2/h4-7H,3,8-9H2,1-2H3,(H,14,15,16). The van der Waals surface area contributed by atoms with Gasteiger partial charge in [0.1, 0.15) is 5.03 Å². The van der Waals surface area contributed by atoms with Crippen molar-refractivity contribution in [2.24, 2.45) is 0 Å². The summed E-state index contributed by atoms with van der Waals surface area (Å²) in [6.07, 6.45) is 0. The first-order valence-electron chi connectivity index (χ1n) is 5.97. The zero-order valence-corrected chi connectivity index (χ0v) is 11.5. The molecule has 0 saturated heterocycles. The zero-order valence-electron chi connectivity index (χ0n) is 10.6. The van der Waals surface area contributed by atoms with Crippen molar-refractivity contribution in [2.75, 3.05) is 31.3 Å². The number of para-hydroxylation sites is 1. The molecular weight excluding hydrogens is 246 g/mol. The van der Waals surface area contributed by atoms with Crippen molar-refractivity contribution in [3.05, 3.63) is 24.3 Å². The van der Waals surface area contributed by atoms with Crippen molar-refractivity contribution in [1.29, 1.82) is 0 Å². The Morgan fingerprint density at radius 2 is 2.11 bits per heavy atom. The Morgan fingerprint density at radius 1 is 1.28 bits per heavy atom. The minimum atomic E-state index is 0.691. The maximum absolute atomic E-state index is 5.07. The van der Waals surface area contributed by atoms with Crippen LogP contribution in [0.3, 0.4) is 0 Å². The molecular formula is C13H17N3OS. The van der Waals surface area contributed by atoms with E-state index in [9.17, 15) is 0 Å². The topological polar surface area (TPSA) is 47.0 Å². The Bertz CT molecular complexity index is 519. The van der Waals surface area contributed by atoms with E-state index >= 15 is 0 Å². The number of rotatable bonds is 6. The van der Waals surface area contributed by atoms with Crippen LogP contribution in [0.25, 0.3) is 10.9 Å². The molecule has 0 fully saturated rings. The minimum Gasteiger partial charge on any atom is -0.384 e. The van der Waals surface area contributed by atoms with E-state index in [1.165, 1.54) is 0 Å². The summed E-state index contributed by atoms with van der Waals surface area (Å²) in [5.74, 6) is 1.58. The molecule has 2 rings (SSSR count). The van der Waals surface area contributed by atoms with E-state index in [1.807, 2.05) is 25.1 Å². The molecule has 1 N–H and O–H groups in total. The van der Waals surface area contributed by atoms with Gasteiger partial charge in [-0.2, -0.15) is 0 Å². The Hall–Kier alpha value is -1.33. The van der Waals surface area contributed by atoms with E-state index < -0.39 is 0 Å². The van der Waals surface area contributed by atoms with Gasteiger partial charge >= 0.3 is 0 Å². The first kappa shape index (κ1) is 13.1. The van der Waals surface area contributed by atoms with Crippen LogP contribution >= 0.6 is 11.8 Å². The molecule has 96 valence electrons. The lowest BCUT2D eigenvalue weighted by Gasteiger charge is -2.08. The smallest absolute Gasteiger partial charge is 0.224 e. The van der Waals surface area contributed by atoms with E-state index in [1.54, 1.807) is 18.9 Å². The van der Waals surface area contributed by atoms with Crippen molar-refractivity contribution in [2.45, 2.75) is 11.9 Å². The fraction of sp³-hybridized carbons (Fsp3) is 0.385. The molecule has 0 saturated carbocycles. The number of hydrogen-bond acceptors (Lipinski definition) is 5. The third-order valence-electron chi connectivity index (χ3n) is 2.43. The van der Waals surface area contributed by atoms with Gasteiger partial charge < -0.3 is 10.1 Å². The van der Waals surface area contributed by atoms with Gasteiger partial charge in [-0.15, -0.1) is 11.8 Å². The fourth-order valence-electron chi connectivity index (χ4n) is 1.62. The van der Waals surface area contributed by atoms with Gasteiger partial charge in [-0.3, -0.25) is 0 Å². The summed E-state index contributed by atoms with van der Waals surface area (Å²) < 4.78 is 5.07. The average molecular weight is 263 g/mol. The molecule has 0 unspecified atom stereocenters. The molecule has 5 heteroatoms. The highest BCUT2D eigenvalue weighted by Gasteiger charge is 2.07. The number of methoxy groups -OCH3 is 1. The highest BCUT2D eigenvalue weighted by atomic mass is 32.2. The number of fused-ring (bicyclic) bond motifs is 1. The van der Waals surface area contributed by atoms with Gasteiger partial charge in [-0.25, -0.2) is 9.97 Å². The number of nitrogens with one attached hydrogen (secondary N) is 1. The number of ether oxygens (including phenoxy) is 1. The predicted molar refractivity (Wildman–Crippen MR) is 76.3 cm³/mol. The van der Waals surface area contributed by atoms with Crippen LogP contribution in [0, 0.1) is 0 Å². The lowest BCUT2D eigenvalue weighted by molar-refractivity contribution is 0.218. The molecule has 4 nitrogen and oxygen atoms in total. The van der Waals surface area contributed by atoms with Gasteiger partial charge in [0.05, 0.1) is 12.1 Å². The second-order valence-corrected chi connectivity index (χ2v) is 4.82. The summed E-state index contributed by atoms with van der Waals surface area (Å²) in [6, 6.07) is 8.08. The lowest BCUT2D eigenvalue weighted by Crippen LogP contribution is -2.03. The molecule has 0 spiro atoms. The zero-order chi connectivity index (χ0) is 12.8. The highest BCUT2D eigenvalue weighted by Crippen LogP contribution is 2.26. The first-order chi connectivity index (χ1) is 8.85. The minimum absolute atomic E-state index is 0.691. The maximum atomic E-state index is 5.07. The highest BCUT2D eigenvalue weighted by molar-refractivity contribution is 7.99. The summed E-state index contributed by atoms with van der Waals surface area (Å²) in [6.45, 7) is 3.58. The van der Waals surface area contributed by atoms with Gasteiger partial charge in [-0.1, -0.05) is 18.2 Å². The van der Waals surface area contributed by atoms with Crippen LogP contribution in [0.1, 0.15) is 6.92 Å². The summed E-state index contributed by atoms with van der Waals surface area (Å²) >= 11 is 1.70. The molecule has 1 aromatic heterocycles. The van der Waals surface area contributed by atoms with E-state index in [0.29, 0.717) is 5.95 Å². The molecule has 0 radical (unpaired) electrons. The second kappa shape index (κ2) is 6.56. The second-order valence-electron chi connectivity index (χ2n) is 3.74. The van der Waals surface area contributed by atoms with Crippen LogP contribution in [0.2, 0.25) is 0 Å². The quantitative estimate of drug-likeness (QED) is 0.493. The average Bonchev–Trinajstić information content (AvgIpc) is 2.39. The van der Waals surface area contributed by atoms with Crippen molar-refractivity contribution >= 4 is 28.6 Å². The largest absolute Gasteiger partial charge is 0.384 e. The number of aromatic nitrogens is 2. The van der Waals surface area contributed by atoms with Gasteiger partial charge in [0, 0.05) is 24.8 Å². The van der Waals surface area contributed by atoms with Crippen LogP contribution in [-0.2, 0) is 4.74 Å². The third-order valence-corrected chi connectivity index (χ3v) is 3.38. The van der Waals surface area contributed by atoms with E-state index in [-0.39, 0.29) is 0 Å². The third kappa shape index (κ3) is 3.11. The van der Waals surface area contributed by atoms with Gasteiger partial charge in [0.25, 0.3) is 0 Å². The maximum Gasteiger partial charge on any atom is 0.224 e. The Balaban J connectivity index is 2.34. The van der Waals surface area contributed by atoms with E-state index in [4.69, 9.17) is 4.74 Å². The van der Waals surface area contributed by atoms with E-state index in [0.717, 1.165) is 34.8 Å². The molecule has 0 aliphatic heterocycles. The summed E-state index contributed by atoms with van der Waals surface area (Å²) in [7, 11) is 1.71. The molecule has 1 heterocycles. The van der Waals surface area contributed by atoms with Crippen molar-refractivity contribution < 1.29 is 4.74 Å². The van der Waals surface area contributed by atoms with Crippen molar-refractivity contribution in [3.8, 4) is 0 Å². The molecule has 18 heavy (non-hydrogen) atoms. The Labute approximate surface area is 111 Å². The molecule has 1 aromatic carbocycles. The molecule has 0 atom stereocenters. The van der Waals surface area contributed by atoms with Crippen molar-refractivity contribution in [1.82, 2.24) is 9.97 Å². The fourth-order valence-corrected chi connectivity index (χ4v) is 2.54. The number of benzene rings is 1. The molecule has 2 aromatic rings. The lowest BCUT2D eigenvalue weighted by atomic mass is 10.2. The molecule has 0 amide bonds. The Morgan fingerprint density at radius 3 is 2.89 bits per heavy atom. The van der Waals surface area contributed by atoms with Crippen molar-refractivity contribution in [3.63, 3.8) is 0 Å². The van der Waals surface area contributed by atoms with Crippen LogP contribution in [0.4, 0.5) is 5.95 Å². The number of nitrogens with zero attached hydrogens (tertiary/aromatic N) is 2. The van der Waals surface area contributed by atoms with Gasteiger partial charge in [0.15, 0.2) is 0 Å². The van der Waals surface area contributed by atoms with Gasteiger partial charge in [-0.05, 0) is 13.0 Å².